The van der Waals surface area contributed by atoms with Crippen LogP contribution in [0, 0.1) is 11.3 Å². The summed E-state index contributed by atoms with van der Waals surface area (Å²) >= 11 is 0. The summed E-state index contributed by atoms with van der Waals surface area (Å²) in [6.45, 7) is 18.6. The molecule has 0 amide bonds. The Morgan fingerprint density at radius 3 is 1.69 bits per heavy atom. The van der Waals surface area contributed by atoms with Gasteiger partial charge in [-0.2, -0.15) is 5.26 Å². The van der Waals surface area contributed by atoms with E-state index < -0.39 is 0 Å². The fourth-order valence-corrected chi connectivity index (χ4v) is 5.72. The molecule has 1 aliphatic rings. The van der Waals surface area contributed by atoms with Gasteiger partial charge in [-0.1, -0.05) is 99.8 Å². The van der Waals surface area contributed by atoms with Crippen LogP contribution in [0.2, 0.25) is 0 Å². The van der Waals surface area contributed by atoms with Crippen molar-refractivity contribution in [3.8, 4) is 17.2 Å². The van der Waals surface area contributed by atoms with Crippen molar-refractivity contribution >= 4 is 32.7 Å². The molecular formula is C35H33N. The van der Waals surface area contributed by atoms with Crippen molar-refractivity contribution in [2.24, 2.45) is 0 Å². The van der Waals surface area contributed by atoms with Gasteiger partial charge in [0, 0.05) is 12.3 Å². The van der Waals surface area contributed by atoms with Crippen LogP contribution >= 0.6 is 0 Å². The molecule has 0 atom stereocenters. The van der Waals surface area contributed by atoms with Gasteiger partial charge in [0.25, 0.3) is 0 Å². The summed E-state index contributed by atoms with van der Waals surface area (Å²) in [7, 11) is 0. The molecule has 4 aromatic rings. The third-order valence-electron chi connectivity index (χ3n) is 7.37. The van der Waals surface area contributed by atoms with Gasteiger partial charge in [-0.3, -0.25) is 0 Å². The number of nitrogens with zero attached hydrogens (tertiary/aromatic N) is 1. The molecule has 1 nitrogen and oxygen atoms in total. The van der Waals surface area contributed by atoms with Crippen LogP contribution in [0.3, 0.4) is 0 Å². The third-order valence-corrected chi connectivity index (χ3v) is 7.37. The van der Waals surface area contributed by atoms with Crippen LogP contribution in [0.1, 0.15) is 56.9 Å². The summed E-state index contributed by atoms with van der Waals surface area (Å²) < 4.78 is 0. The van der Waals surface area contributed by atoms with Crippen molar-refractivity contribution < 1.29 is 0 Å². The van der Waals surface area contributed by atoms with E-state index >= 15 is 0 Å². The Kier molecular flexibility index (Phi) is 6.82. The van der Waals surface area contributed by atoms with E-state index in [2.05, 4.69) is 114 Å². The van der Waals surface area contributed by atoms with Crippen LogP contribution in [0.5, 0.6) is 0 Å². The lowest BCUT2D eigenvalue weighted by Crippen LogP contribution is -2.15. The fraction of sp³-hybridized carbons (Fsp3) is 0.171. The topological polar surface area (TPSA) is 23.8 Å². The van der Waals surface area contributed by atoms with Crippen LogP contribution in [0.25, 0.3) is 43.8 Å². The van der Waals surface area contributed by atoms with Gasteiger partial charge in [0.15, 0.2) is 0 Å². The molecule has 0 radical (unpaired) electrons. The van der Waals surface area contributed by atoms with E-state index in [9.17, 15) is 0 Å². The minimum Gasteiger partial charge on any atom is -0.199 e. The number of hydrogen-bond donors (Lipinski definition) is 0. The zero-order valence-electron chi connectivity index (χ0n) is 21.9. The van der Waals surface area contributed by atoms with E-state index in [1.165, 1.54) is 61.8 Å². The predicted octanol–water partition coefficient (Wildman–Crippen LogP) is 10.0. The van der Waals surface area contributed by atoms with Gasteiger partial charge in [-0.15, -0.1) is 0 Å². The van der Waals surface area contributed by atoms with Crippen molar-refractivity contribution in [1.82, 2.24) is 0 Å². The summed E-state index contributed by atoms with van der Waals surface area (Å²) in [5.41, 5.74) is 10.3. The van der Waals surface area contributed by atoms with Crippen molar-refractivity contribution in [3.63, 3.8) is 0 Å². The second-order valence-electron chi connectivity index (χ2n) is 9.53. The average Bonchev–Trinajstić information content (AvgIpc) is 3.12. The lowest BCUT2D eigenvalue weighted by Gasteiger charge is -2.24. The van der Waals surface area contributed by atoms with Crippen molar-refractivity contribution in [2.75, 3.05) is 0 Å². The molecule has 0 aliphatic heterocycles. The highest BCUT2D eigenvalue weighted by Gasteiger charge is 2.36. The van der Waals surface area contributed by atoms with Crippen LogP contribution in [-0.2, 0) is 5.41 Å². The Bertz CT molecular complexity index is 1620. The monoisotopic (exact) mass is 467 g/mol. The maximum Gasteiger partial charge on any atom is 0.0587 e. The van der Waals surface area contributed by atoms with Gasteiger partial charge in [-0.25, -0.2) is 0 Å². The van der Waals surface area contributed by atoms with Crippen molar-refractivity contribution in [2.45, 2.75) is 40.0 Å². The van der Waals surface area contributed by atoms with Gasteiger partial charge in [0.2, 0.25) is 0 Å². The Morgan fingerprint density at radius 1 is 0.722 bits per heavy atom. The molecule has 0 fully saturated rings. The molecular weight excluding hydrogens is 434 g/mol. The zero-order valence-corrected chi connectivity index (χ0v) is 21.9. The standard InChI is InChI=1S/C33H30.C2H3N/c1-7-21(8-2)31-24-16-11-12-17-25(24)32(22(9-3)10-4)28-20-30-26(19-27(28)31)23-15-13-14-18-29(23)33(30,5)6;1-2-3/h7-20H,1,3H2,2,4-6H3;1H3/b21-8+,22-10+;. The molecule has 36 heavy (non-hydrogen) atoms. The quantitative estimate of drug-likeness (QED) is 0.216. The Balaban J connectivity index is 0.000000967. The third kappa shape index (κ3) is 3.71. The highest BCUT2D eigenvalue weighted by Crippen LogP contribution is 2.52. The van der Waals surface area contributed by atoms with E-state index in [0.717, 1.165) is 11.1 Å². The minimum atomic E-state index is -0.0463. The molecule has 0 bridgehead atoms. The highest BCUT2D eigenvalue weighted by atomic mass is 14.4. The summed E-state index contributed by atoms with van der Waals surface area (Å²) in [5, 5.41) is 12.4. The first-order chi connectivity index (χ1) is 17.4. The predicted molar refractivity (Wildman–Crippen MR) is 158 cm³/mol. The molecule has 0 spiro atoms. The minimum absolute atomic E-state index is 0.0463. The van der Waals surface area contributed by atoms with Gasteiger partial charge >= 0.3 is 0 Å². The normalized spacial score (nSPS) is 13.9. The summed E-state index contributed by atoms with van der Waals surface area (Å²) in [6.07, 6.45) is 8.31. The molecule has 0 saturated carbocycles. The summed E-state index contributed by atoms with van der Waals surface area (Å²) in [4.78, 5) is 0. The highest BCUT2D eigenvalue weighted by molar-refractivity contribution is 6.18. The second kappa shape index (κ2) is 9.84. The van der Waals surface area contributed by atoms with Gasteiger partial charge in [0.1, 0.15) is 0 Å². The largest absolute Gasteiger partial charge is 0.199 e. The SMILES string of the molecule is C=C/C(=C\C)c1c2ccccc2c(/C(C=C)=C/C)c2cc3c(cc12)-c1ccccc1C3(C)C.CC#N. The molecule has 1 heteroatoms. The van der Waals surface area contributed by atoms with Gasteiger partial charge in [-0.05, 0) is 92.1 Å². The number of rotatable bonds is 4. The Hall–Kier alpha value is -4.15. The fourth-order valence-electron chi connectivity index (χ4n) is 5.72. The first-order valence-corrected chi connectivity index (χ1v) is 12.4. The molecule has 4 aromatic carbocycles. The Morgan fingerprint density at radius 2 is 1.19 bits per heavy atom. The van der Waals surface area contributed by atoms with Crippen LogP contribution in [0.15, 0.2) is 98.1 Å². The lowest BCUT2D eigenvalue weighted by molar-refractivity contribution is 0.661. The van der Waals surface area contributed by atoms with Crippen LogP contribution in [-0.4, -0.2) is 0 Å². The lowest BCUT2D eigenvalue weighted by atomic mass is 9.79. The molecule has 5 rings (SSSR count). The van der Waals surface area contributed by atoms with Crippen molar-refractivity contribution in [3.05, 3.63) is 120 Å². The number of allylic oxidation sites excluding steroid dienone is 6. The first kappa shape index (κ1) is 25.0. The molecule has 0 heterocycles. The average molecular weight is 468 g/mol. The van der Waals surface area contributed by atoms with E-state index in [1.807, 2.05) is 12.2 Å². The molecule has 178 valence electrons. The molecule has 1 aliphatic carbocycles. The molecule has 0 unspecified atom stereocenters. The maximum atomic E-state index is 7.32. The Labute approximate surface area is 215 Å². The number of benzene rings is 4. The van der Waals surface area contributed by atoms with Gasteiger partial charge < -0.3 is 0 Å². The van der Waals surface area contributed by atoms with E-state index in [-0.39, 0.29) is 5.41 Å². The zero-order chi connectivity index (χ0) is 26.0. The molecule has 0 N–H and O–H groups in total. The number of nitriles is 1. The van der Waals surface area contributed by atoms with E-state index in [1.54, 1.807) is 6.07 Å². The van der Waals surface area contributed by atoms with Gasteiger partial charge in [0.05, 0.1) is 6.07 Å². The smallest absolute Gasteiger partial charge is 0.0587 e. The first-order valence-electron chi connectivity index (χ1n) is 12.4. The number of fused-ring (bicyclic) bond motifs is 5. The molecule has 0 aromatic heterocycles. The summed E-state index contributed by atoms with van der Waals surface area (Å²) in [5.74, 6) is 0. The summed E-state index contributed by atoms with van der Waals surface area (Å²) in [6, 6.07) is 24.2. The number of hydrogen-bond acceptors (Lipinski definition) is 1. The second-order valence-corrected chi connectivity index (χ2v) is 9.53. The molecule has 0 saturated heterocycles. The maximum absolute atomic E-state index is 7.32. The van der Waals surface area contributed by atoms with E-state index in [0.29, 0.717) is 0 Å². The van der Waals surface area contributed by atoms with Crippen LogP contribution < -0.4 is 0 Å². The van der Waals surface area contributed by atoms with Crippen LogP contribution in [0.4, 0.5) is 0 Å². The van der Waals surface area contributed by atoms with E-state index in [4.69, 9.17) is 5.26 Å². The van der Waals surface area contributed by atoms with Crippen molar-refractivity contribution in [1.29, 1.82) is 5.26 Å².